The molecule has 0 atom stereocenters. The second kappa shape index (κ2) is 16.0. The fraction of sp³-hybridized carbons (Fsp3) is 0.611. The Morgan fingerprint density at radius 1 is 1.00 bits per heavy atom. The van der Waals surface area contributed by atoms with Crippen LogP contribution in [0, 0.1) is 0 Å². The van der Waals surface area contributed by atoms with E-state index in [-0.39, 0.29) is 24.0 Å². The summed E-state index contributed by atoms with van der Waals surface area (Å²) in [6.45, 7) is 3.51. The minimum Gasteiger partial charge on any atom is -0.497 e. The lowest BCUT2D eigenvalue weighted by atomic mass is 10.1. The molecule has 1 aromatic rings. The zero-order valence-corrected chi connectivity index (χ0v) is 18.5. The number of nitrogens with one attached hydrogen (secondary N) is 2. The van der Waals surface area contributed by atoms with Gasteiger partial charge in [0.1, 0.15) is 11.5 Å². The first-order chi connectivity index (χ1) is 12.2. The Labute approximate surface area is 173 Å². The third-order valence-corrected chi connectivity index (χ3v) is 3.59. The molecular weight excluding hydrogens is 449 g/mol. The van der Waals surface area contributed by atoms with Crippen molar-refractivity contribution < 1.29 is 18.9 Å². The van der Waals surface area contributed by atoms with Crippen molar-refractivity contribution in [3.05, 3.63) is 23.8 Å². The van der Waals surface area contributed by atoms with Crippen molar-refractivity contribution >= 4 is 29.9 Å². The number of hydrogen-bond acceptors (Lipinski definition) is 5. The second-order valence-electron chi connectivity index (χ2n) is 5.31. The quantitative estimate of drug-likeness (QED) is 0.206. The van der Waals surface area contributed by atoms with Gasteiger partial charge in [-0.3, -0.25) is 4.99 Å². The molecule has 7 nitrogen and oxygen atoms in total. The molecule has 0 amide bonds. The highest BCUT2D eigenvalue weighted by Gasteiger charge is 2.05. The first kappa shape index (κ1) is 24.7. The van der Waals surface area contributed by atoms with Crippen LogP contribution in [0.2, 0.25) is 0 Å². The van der Waals surface area contributed by atoms with E-state index in [9.17, 15) is 0 Å². The van der Waals surface area contributed by atoms with Crippen molar-refractivity contribution in [3.8, 4) is 11.5 Å². The van der Waals surface area contributed by atoms with Crippen LogP contribution in [-0.4, -0.2) is 67.2 Å². The molecule has 0 heterocycles. The number of benzene rings is 1. The topological polar surface area (TPSA) is 73.3 Å². The first-order valence-electron chi connectivity index (χ1n) is 8.47. The van der Waals surface area contributed by atoms with Crippen LogP contribution in [0.4, 0.5) is 0 Å². The summed E-state index contributed by atoms with van der Waals surface area (Å²) in [5.74, 6) is 2.46. The monoisotopic (exact) mass is 481 g/mol. The van der Waals surface area contributed by atoms with Gasteiger partial charge in [-0.1, -0.05) is 0 Å². The first-order valence-corrected chi connectivity index (χ1v) is 8.47. The largest absolute Gasteiger partial charge is 0.497 e. The predicted octanol–water partition coefficient (Wildman–Crippen LogP) is 2.08. The average Bonchev–Trinajstić information content (AvgIpc) is 2.65. The molecule has 0 aromatic heterocycles. The van der Waals surface area contributed by atoms with E-state index < -0.39 is 0 Å². The van der Waals surface area contributed by atoms with E-state index in [0.717, 1.165) is 49.0 Å². The maximum absolute atomic E-state index is 5.42. The number of halogens is 1. The van der Waals surface area contributed by atoms with E-state index in [2.05, 4.69) is 15.6 Å². The van der Waals surface area contributed by atoms with Gasteiger partial charge in [0.25, 0.3) is 0 Å². The smallest absolute Gasteiger partial charge is 0.190 e. The molecule has 0 saturated heterocycles. The molecular formula is C18H32IN3O4. The lowest BCUT2D eigenvalue weighted by Crippen LogP contribution is -2.39. The maximum Gasteiger partial charge on any atom is 0.190 e. The Balaban J connectivity index is 0.00000625. The highest BCUT2D eigenvalue weighted by Crippen LogP contribution is 2.24. The Kier molecular flexibility index (Phi) is 15.2. The van der Waals surface area contributed by atoms with E-state index >= 15 is 0 Å². The van der Waals surface area contributed by atoms with E-state index in [0.29, 0.717) is 19.8 Å². The van der Waals surface area contributed by atoms with Crippen LogP contribution in [0.1, 0.15) is 12.0 Å². The molecule has 0 aliphatic heterocycles. The summed E-state index contributed by atoms with van der Waals surface area (Å²) in [5, 5.41) is 6.57. The third kappa shape index (κ3) is 10.0. The van der Waals surface area contributed by atoms with Gasteiger partial charge in [-0.05, 0) is 36.6 Å². The molecule has 0 spiro atoms. The molecule has 0 aliphatic carbocycles. The van der Waals surface area contributed by atoms with Crippen LogP contribution < -0.4 is 20.1 Å². The number of ether oxygens (including phenoxy) is 4. The highest BCUT2D eigenvalue weighted by molar-refractivity contribution is 14.0. The van der Waals surface area contributed by atoms with Gasteiger partial charge in [0.05, 0.1) is 27.4 Å². The Morgan fingerprint density at radius 2 is 1.77 bits per heavy atom. The number of guanidine groups is 1. The zero-order valence-electron chi connectivity index (χ0n) is 16.2. The summed E-state index contributed by atoms with van der Waals surface area (Å²) in [7, 11) is 6.76. The second-order valence-corrected chi connectivity index (χ2v) is 5.31. The molecule has 2 N–H and O–H groups in total. The summed E-state index contributed by atoms with van der Waals surface area (Å²) in [6, 6.07) is 5.81. The third-order valence-electron chi connectivity index (χ3n) is 3.59. The van der Waals surface area contributed by atoms with E-state index in [1.807, 2.05) is 18.2 Å². The number of rotatable bonds is 12. The molecule has 0 radical (unpaired) electrons. The van der Waals surface area contributed by atoms with Crippen molar-refractivity contribution in [1.82, 2.24) is 10.6 Å². The zero-order chi connectivity index (χ0) is 18.3. The van der Waals surface area contributed by atoms with Crippen LogP contribution >= 0.6 is 24.0 Å². The van der Waals surface area contributed by atoms with Crippen LogP contribution in [0.5, 0.6) is 11.5 Å². The Morgan fingerprint density at radius 3 is 2.42 bits per heavy atom. The maximum atomic E-state index is 5.42. The van der Waals surface area contributed by atoms with Crippen molar-refractivity contribution in [2.75, 3.05) is 61.3 Å². The number of nitrogens with zero attached hydrogens (tertiary/aromatic N) is 1. The Bertz CT molecular complexity index is 515. The lowest BCUT2D eigenvalue weighted by molar-refractivity contribution is 0.0698. The minimum absolute atomic E-state index is 0. The van der Waals surface area contributed by atoms with Crippen molar-refractivity contribution in [2.45, 2.75) is 12.8 Å². The van der Waals surface area contributed by atoms with Gasteiger partial charge in [-0.15, -0.1) is 24.0 Å². The van der Waals surface area contributed by atoms with E-state index in [1.165, 1.54) is 0 Å². The molecule has 1 aromatic carbocycles. The molecule has 8 heteroatoms. The van der Waals surface area contributed by atoms with Crippen LogP contribution in [0.3, 0.4) is 0 Å². The van der Waals surface area contributed by atoms with Gasteiger partial charge in [0.2, 0.25) is 0 Å². The Hall–Kier alpha value is -1.26. The fourth-order valence-corrected chi connectivity index (χ4v) is 2.24. The van der Waals surface area contributed by atoms with E-state index in [4.69, 9.17) is 18.9 Å². The standard InChI is InChI=1S/C18H31N3O4.HI/c1-19-18(20-9-5-11-25-13-12-22-2)21-10-8-15-14-16(23-3)6-7-17(15)24-4;/h6-7,14H,5,8-13H2,1-4H3,(H2,19,20,21);1H. The predicted molar refractivity (Wildman–Crippen MR) is 115 cm³/mol. The molecule has 0 aliphatic rings. The molecule has 0 unspecified atom stereocenters. The van der Waals surface area contributed by atoms with Crippen molar-refractivity contribution in [1.29, 1.82) is 0 Å². The number of hydrogen-bond donors (Lipinski definition) is 2. The van der Waals surface area contributed by atoms with Crippen LogP contribution in [0.15, 0.2) is 23.2 Å². The summed E-state index contributed by atoms with van der Waals surface area (Å²) in [5.41, 5.74) is 1.09. The SMILES string of the molecule is CN=C(NCCCOCCOC)NCCc1cc(OC)ccc1OC.I. The molecule has 1 rings (SSSR count). The van der Waals surface area contributed by atoms with Gasteiger partial charge in [0, 0.05) is 33.9 Å². The van der Waals surface area contributed by atoms with Gasteiger partial charge in [-0.2, -0.15) is 0 Å². The van der Waals surface area contributed by atoms with Gasteiger partial charge < -0.3 is 29.6 Å². The normalized spacial score (nSPS) is 10.8. The van der Waals surface area contributed by atoms with Crippen molar-refractivity contribution in [3.63, 3.8) is 0 Å². The van der Waals surface area contributed by atoms with Gasteiger partial charge in [0.15, 0.2) is 5.96 Å². The average molecular weight is 481 g/mol. The van der Waals surface area contributed by atoms with Crippen molar-refractivity contribution in [2.24, 2.45) is 4.99 Å². The summed E-state index contributed by atoms with van der Waals surface area (Å²) in [6.07, 6.45) is 1.72. The van der Waals surface area contributed by atoms with E-state index in [1.54, 1.807) is 28.4 Å². The number of methoxy groups -OCH3 is 3. The minimum atomic E-state index is 0. The summed E-state index contributed by atoms with van der Waals surface area (Å²) in [4.78, 5) is 4.22. The molecule has 0 fully saturated rings. The highest BCUT2D eigenvalue weighted by atomic mass is 127. The lowest BCUT2D eigenvalue weighted by Gasteiger charge is -2.14. The number of aliphatic imine (C=N–C) groups is 1. The van der Waals surface area contributed by atoms with Crippen LogP contribution in [-0.2, 0) is 15.9 Å². The van der Waals surface area contributed by atoms with Gasteiger partial charge in [-0.25, -0.2) is 0 Å². The molecule has 0 bridgehead atoms. The fourth-order valence-electron chi connectivity index (χ4n) is 2.24. The summed E-state index contributed by atoms with van der Waals surface area (Å²) < 4.78 is 21.0. The molecule has 150 valence electrons. The molecule has 0 saturated carbocycles. The summed E-state index contributed by atoms with van der Waals surface area (Å²) >= 11 is 0. The van der Waals surface area contributed by atoms with Gasteiger partial charge >= 0.3 is 0 Å². The molecule has 26 heavy (non-hydrogen) atoms. The van der Waals surface area contributed by atoms with Crippen LogP contribution in [0.25, 0.3) is 0 Å².